The van der Waals surface area contributed by atoms with Crippen LogP contribution in [0.3, 0.4) is 0 Å². The Kier molecular flexibility index (Phi) is 7.09. The standard InChI is InChI=1S/C14H30N2O/c1-12(2)17-11-5-8-15-9-10-16(4)13(3)14-6-7-14/h12-15H,5-11H2,1-4H3. The van der Waals surface area contributed by atoms with E-state index in [1.165, 1.54) is 12.8 Å². The third-order valence-corrected chi connectivity index (χ3v) is 3.59. The van der Waals surface area contributed by atoms with Gasteiger partial charge in [-0.05, 0) is 59.5 Å². The molecule has 0 aliphatic heterocycles. The first-order valence-corrected chi connectivity index (χ1v) is 7.14. The second-order valence-corrected chi connectivity index (χ2v) is 5.58. The van der Waals surface area contributed by atoms with Crippen LogP contribution < -0.4 is 5.32 Å². The summed E-state index contributed by atoms with van der Waals surface area (Å²) in [6.07, 6.45) is 4.34. The molecular formula is C14H30N2O. The fraction of sp³-hybridized carbons (Fsp3) is 1.00. The lowest BCUT2D eigenvalue weighted by Gasteiger charge is -2.24. The molecular weight excluding hydrogens is 212 g/mol. The minimum Gasteiger partial charge on any atom is -0.379 e. The van der Waals surface area contributed by atoms with Gasteiger partial charge < -0.3 is 15.0 Å². The predicted octanol–water partition coefficient (Wildman–Crippen LogP) is 2.12. The van der Waals surface area contributed by atoms with Crippen molar-refractivity contribution in [3.8, 4) is 0 Å². The molecule has 1 fully saturated rings. The third-order valence-electron chi connectivity index (χ3n) is 3.59. The summed E-state index contributed by atoms with van der Waals surface area (Å²) in [7, 11) is 2.24. The van der Waals surface area contributed by atoms with Crippen molar-refractivity contribution in [1.82, 2.24) is 10.2 Å². The van der Waals surface area contributed by atoms with Crippen LogP contribution in [-0.2, 0) is 4.74 Å². The maximum Gasteiger partial charge on any atom is 0.0518 e. The van der Waals surface area contributed by atoms with Crippen LogP contribution in [0.4, 0.5) is 0 Å². The van der Waals surface area contributed by atoms with Crippen molar-refractivity contribution in [2.45, 2.75) is 52.2 Å². The fourth-order valence-corrected chi connectivity index (χ4v) is 2.04. The lowest BCUT2D eigenvalue weighted by atomic mass is 10.2. The number of hydrogen-bond donors (Lipinski definition) is 1. The average Bonchev–Trinajstić information content (AvgIpc) is 3.09. The Morgan fingerprint density at radius 1 is 1.24 bits per heavy atom. The highest BCUT2D eigenvalue weighted by Crippen LogP contribution is 2.34. The van der Waals surface area contributed by atoms with E-state index in [2.05, 4.69) is 38.0 Å². The molecule has 102 valence electrons. The molecule has 1 atom stereocenters. The Labute approximate surface area is 107 Å². The second-order valence-electron chi connectivity index (χ2n) is 5.58. The van der Waals surface area contributed by atoms with Crippen LogP contribution in [0.2, 0.25) is 0 Å². The first-order chi connectivity index (χ1) is 8.11. The largest absolute Gasteiger partial charge is 0.379 e. The Morgan fingerprint density at radius 3 is 2.53 bits per heavy atom. The molecule has 0 amide bonds. The molecule has 3 nitrogen and oxygen atoms in total. The summed E-state index contributed by atoms with van der Waals surface area (Å²) in [6, 6.07) is 0.765. The molecule has 3 heteroatoms. The Morgan fingerprint density at radius 2 is 1.94 bits per heavy atom. The van der Waals surface area contributed by atoms with E-state index < -0.39 is 0 Å². The van der Waals surface area contributed by atoms with Gasteiger partial charge in [-0.15, -0.1) is 0 Å². The van der Waals surface area contributed by atoms with Crippen LogP contribution in [0.5, 0.6) is 0 Å². The Bertz CT molecular complexity index is 193. The van der Waals surface area contributed by atoms with Crippen LogP contribution in [0.25, 0.3) is 0 Å². The molecule has 1 aliphatic carbocycles. The van der Waals surface area contributed by atoms with Gasteiger partial charge in [-0.2, -0.15) is 0 Å². The lowest BCUT2D eigenvalue weighted by Crippen LogP contribution is -2.36. The summed E-state index contributed by atoms with van der Waals surface area (Å²) in [4.78, 5) is 2.48. The Hall–Kier alpha value is -0.120. The topological polar surface area (TPSA) is 24.5 Å². The normalized spacial score (nSPS) is 18.0. The number of likely N-dealkylation sites (N-methyl/N-ethyl adjacent to an activating group) is 1. The SMILES string of the molecule is CC(C)OCCCNCCN(C)C(C)C1CC1. The van der Waals surface area contributed by atoms with E-state index in [1.54, 1.807) is 0 Å². The summed E-state index contributed by atoms with van der Waals surface area (Å²) in [5, 5.41) is 3.48. The smallest absolute Gasteiger partial charge is 0.0518 e. The van der Waals surface area contributed by atoms with Gasteiger partial charge in [0, 0.05) is 25.7 Å². The molecule has 1 unspecified atom stereocenters. The van der Waals surface area contributed by atoms with E-state index in [1.807, 2.05) is 0 Å². The van der Waals surface area contributed by atoms with Crippen molar-refractivity contribution in [2.75, 3.05) is 33.3 Å². The molecule has 0 bridgehead atoms. The van der Waals surface area contributed by atoms with Gasteiger partial charge in [0.2, 0.25) is 0 Å². The van der Waals surface area contributed by atoms with E-state index in [-0.39, 0.29) is 0 Å². The molecule has 17 heavy (non-hydrogen) atoms. The van der Waals surface area contributed by atoms with Gasteiger partial charge in [0.25, 0.3) is 0 Å². The molecule has 0 spiro atoms. The summed E-state index contributed by atoms with van der Waals surface area (Å²) >= 11 is 0. The first kappa shape index (κ1) is 14.9. The van der Waals surface area contributed by atoms with Crippen molar-refractivity contribution in [3.05, 3.63) is 0 Å². The highest BCUT2D eigenvalue weighted by atomic mass is 16.5. The number of hydrogen-bond acceptors (Lipinski definition) is 3. The van der Waals surface area contributed by atoms with Gasteiger partial charge in [-0.25, -0.2) is 0 Å². The highest BCUT2D eigenvalue weighted by Gasteiger charge is 2.29. The maximum atomic E-state index is 5.50. The van der Waals surface area contributed by atoms with E-state index in [4.69, 9.17) is 4.74 Å². The fourth-order valence-electron chi connectivity index (χ4n) is 2.04. The number of rotatable bonds is 10. The average molecular weight is 242 g/mol. The van der Waals surface area contributed by atoms with Crippen LogP contribution in [0.1, 0.15) is 40.0 Å². The van der Waals surface area contributed by atoms with Crippen LogP contribution >= 0.6 is 0 Å². The number of nitrogens with zero attached hydrogens (tertiary/aromatic N) is 1. The van der Waals surface area contributed by atoms with Crippen LogP contribution in [0, 0.1) is 5.92 Å². The van der Waals surface area contributed by atoms with Crippen LogP contribution in [-0.4, -0.2) is 50.3 Å². The molecule has 1 N–H and O–H groups in total. The summed E-state index contributed by atoms with van der Waals surface area (Å²) in [5.41, 5.74) is 0. The first-order valence-electron chi connectivity index (χ1n) is 7.14. The minimum atomic E-state index is 0.362. The van der Waals surface area contributed by atoms with Gasteiger partial charge in [0.15, 0.2) is 0 Å². The van der Waals surface area contributed by atoms with Gasteiger partial charge >= 0.3 is 0 Å². The molecule has 0 aromatic rings. The number of ether oxygens (including phenoxy) is 1. The van der Waals surface area contributed by atoms with Crippen molar-refractivity contribution < 1.29 is 4.74 Å². The lowest BCUT2D eigenvalue weighted by molar-refractivity contribution is 0.0770. The molecule has 0 aromatic carbocycles. The van der Waals surface area contributed by atoms with Gasteiger partial charge in [0.05, 0.1) is 6.10 Å². The van der Waals surface area contributed by atoms with E-state index in [0.717, 1.165) is 44.6 Å². The van der Waals surface area contributed by atoms with Crippen molar-refractivity contribution in [1.29, 1.82) is 0 Å². The second kappa shape index (κ2) is 8.06. The minimum absolute atomic E-state index is 0.362. The maximum absolute atomic E-state index is 5.50. The van der Waals surface area contributed by atoms with Crippen molar-refractivity contribution in [3.63, 3.8) is 0 Å². The van der Waals surface area contributed by atoms with E-state index >= 15 is 0 Å². The molecule has 0 radical (unpaired) electrons. The van der Waals surface area contributed by atoms with Crippen molar-refractivity contribution in [2.24, 2.45) is 5.92 Å². The number of nitrogens with one attached hydrogen (secondary N) is 1. The third kappa shape index (κ3) is 7.02. The molecule has 1 saturated carbocycles. The molecule has 1 rings (SSSR count). The molecule has 0 heterocycles. The molecule has 0 aromatic heterocycles. The van der Waals surface area contributed by atoms with Gasteiger partial charge in [0.1, 0.15) is 0 Å². The Balaban J connectivity index is 1.86. The summed E-state index contributed by atoms with van der Waals surface area (Å²) < 4.78 is 5.50. The quantitative estimate of drug-likeness (QED) is 0.594. The van der Waals surface area contributed by atoms with E-state index in [0.29, 0.717) is 6.10 Å². The zero-order valence-corrected chi connectivity index (χ0v) is 12.0. The molecule has 1 aliphatic rings. The summed E-state index contributed by atoms with van der Waals surface area (Å²) in [5.74, 6) is 0.972. The summed E-state index contributed by atoms with van der Waals surface area (Å²) in [6.45, 7) is 10.7. The van der Waals surface area contributed by atoms with E-state index in [9.17, 15) is 0 Å². The molecule has 0 saturated heterocycles. The zero-order chi connectivity index (χ0) is 12.7. The highest BCUT2D eigenvalue weighted by molar-refractivity contribution is 4.84. The van der Waals surface area contributed by atoms with Crippen LogP contribution in [0.15, 0.2) is 0 Å². The zero-order valence-electron chi connectivity index (χ0n) is 12.0. The van der Waals surface area contributed by atoms with Gasteiger partial charge in [-0.3, -0.25) is 0 Å². The van der Waals surface area contributed by atoms with Crippen molar-refractivity contribution >= 4 is 0 Å². The predicted molar refractivity (Wildman–Crippen MR) is 73.4 cm³/mol. The monoisotopic (exact) mass is 242 g/mol. The van der Waals surface area contributed by atoms with Gasteiger partial charge in [-0.1, -0.05) is 0 Å².